The minimum Gasteiger partial charge on any atom is -0.369 e. The fourth-order valence-corrected chi connectivity index (χ4v) is 0.786. The summed E-state index contributed by atoms with van der Waals surface area (Å²) in [5.41, 5.74) is 0. The van der Waals surface area contributed by atoms with Gasteiger partial charge in [0.25, 0.3) is 5.91 Å². The van der Waals surface area contributed by atoms with Crippen LogP contribution in [0.4, 0.5) is 5.82 Å². The standard InChI is InChI=1S/C9H13N3O2/c1-7(2)14-5-9(13)12-8-3-4-10-6-11-8/h3-4,6-7H,5H2,1-2H3,(H,10,11,12,13). The lowest BCUT2D eigenvalue weighted by molar-refractivity contribution is -0.121. The molecule has 0 unspecified atom stereocenters. The molecule has 0 saturated heterocycles. The lowest BCUT2D eigenvalue weighted by atomic mass is 10.5. The Morgan fingerprint density at radius 2 is 2.43 bits per heavy atom. The molecular weight excluding hydrogens is 182 g/mol. The first kappa shape index (κ1) is 10.6. The first-order valence-corrected chi connectivity index (χ1v) is 4.36. The van der Waals surface area contributed by atoms with Crippen LogP contribution in [0, 0.1) is 0 Å². The monoisotopic (exact) mass is 195 g/mol. The Kier molecular flexibility index (Phi) is 4.00. The molecule has 1 heterocycles. The van der Waals surface area contributed by atoms with Gasteiger partial charge in [-0.15, -0.1) is 0 Å². The zero-order chi connectivity index (χ0) is 10.4. The molecule has 1 N–H and O–H groups in total. The Hall–Kier alpha value is -1.49. The summed E-state index contributed by atoms with van der Waals surface area (Å²) in [6, 6.07) is 1.62. The summed E-state index contributed by atoms with van der Waals surface area (Å²) in [4.78, 5) is 18.8. The number of ether oxygens (including phenoxy) is 1. The number of anilines is 1. The van der Waals surface area contributed by atoms with Crippen LogP contribution in [0.5, 0.6) is 0 Å². The molecule has 0 atom stereocenters. The second kappa shape index (κ2) is 5.29. The molecule has 1 rings (SSSR count). The van der Waals surface area contributed by atoms with Crippen LogP contribution in [0.1, 0.15) is 13.8 Å². The molecule has 76 valence electrons. The molecule has 14 heavy (non-hydrogen) atoms. The summed E-state index contributed by atoms with van der Waals surface area (Å²) in [5, 5.41) is 2.58. The van der Waals surface area contributed by atoms with Crippen molar-refractivity contribution >= 4 is 11.7 Å². The summed E-state index contributed by atoms with van der Waals surface area (Å²) >= 11 is 0. The number of aromatic nitrogens is 2. The lowest BCUT2D eigenvalue weighted by Crippen LogP contribution is -2.21. The Morgan fingerprint density at radius 1 is 1.64 bits per heavy atom. The molecular formula is C9H13N3O2. The van der Waals surface area contributed by atoms with E-state index in [0.717, 1.165) is 0 Å². The number of rotatable bonds is 4. The highest BCUT2D eigenvalue weighted by atomic mass is 16.5. The number of nitrogens with one attached hydrogen (secondary N) is 1. The highest BCUT2D eigenvalue weighted by Gasteiger charge is 2.03. The molecule has 0 radical (unpaired) electrons. The van der Waals surface area contributed by atoms with Gasteiger partial charge in [-0.3, -0.25) is 4.79 Å². The van der Waals surface area contributed by atoms with Crippen LogP contribution in [0.2, 0.25) is 0 Å². The summed E-state index contributed by atoms with van der Waals surface area (Å²) < 4.78 is 5.12. The normalized spacial score (nSPS) is 10.2. The molecule has 0 spiro atoms. The predicted molar refractivity (Wildman–Crippen MR) is 51.7 cm³/mol. The third-order valence-electron chi connectivity index (χ3n) is 1.40. The van der Waals surface area contributed by atoms with Crippen LogP contribution in [-0.2, 0) is 9.53 Å². The SMILES string of the molecule is CC(C)OCC(=O)Nc1ccncn1. The van der Waals surface area contributed by atoms with Gasteiger partial charge in [-0.1, -0.05) is 0 Å². The molecule has 0 saturated carbocycles. The molecule has 5 nitrogen and oxygen atoms in total. The largest absolute Gasteiger partial charge is 0.369 e. The van der Waals surface area contributed by atoms with Gasteiger partial charge in [0.15, 0.2) is 0 Å². The third kappa shape index (κ3) is 3.95. The van der Waals surface area contributed by atoms with E-state index < -0.39 is 0 Å². The lowest BCUT2D eigenvalue weighted by Gasteiger charge is -2.07. The second-order valence-corrected chi connectivity index (χ2v) is 3.00. The first-order valence-electron chi connectivity index (χ1n) is 4.36. The molecule has 5 heteroatoms. The van der Waals surface area contributed by atoms with Crippen molar-refractivity contribution in [3.8, 4) is 0 Å². The van der Waals surface area contributed by atoms with Crippen molar-refractivity contribution in [3.05, 3.63) is 18.6 Å². The third-order valence-corrected chi connectivity index (χ3v) is 1.40. The van der Waals surface area contributed by atoms with E-state index in [1.807, 2.05) is 13.8 Å². The van der Waals surface area contributed by atoms with Gasteiger partial charge in [0.05, 0.1) is 6.10 Å². The van der Waals surface area contributed by atoms with Crippen molar-refractivity contribution in [2.24, 2.45) is 0 Å². The predicted octanol–water partition coefficient (Wildman–Crippen LogP) is 0.840. The fourth-order valence-electron chi connectivity index (χ4n) is 0.786. The van der Waals surface area contributed by atoms with Crippen LogP contribution >= 0.6 is 0 Å². The van der Waals surface area contributed by atoms with Crippen molar-refractivity contribution in [1.82, 2.24) is 9.97 Å². The van der Waals surface area contributed by atoms with Gasteiger partial charge in [0.1, 0.15) is 18.8 Å². The summed E-state index contributed by atoms with van der Waals surface area (Å²) in [7, 11) is 0. The molecule has 0 aliphatic carbocycles. The molecule has 0 bridgehead atoms. The minimum atomic E-state index is -0.211. The Morgan fingerprint density at radius 3 is 3.00 bits per heavy atom. The van der Waals surface area contributed by atoms with E-state index in [9.17, 15) is 4.79 Å². The number of amides is 1. The van der Waals surface area contributed by atoms with Gasteiger partial charge < -0.3 is 10.1 Å². The van der Waals surface area contributed by atoms with Crippen LogP contribution < -0.4 is 5.32 Å². The maximum atomic E-state index is 11.2. The van der Waals surface area contributed by atoms with Gasteiger partial charge in [-0.05, 0) is 19.9 Å². The quantitative estimate of drug-likeness (QED) is 0.773. The number of carbonyl (C=O) groups is 1. The van der Waals surface area contributed by atoms with Crippen LogP contribution in [0.3, 0.4) is 0 Å². The van der Waals surface area contributed by atoms with Crippen molar-refractivity contribution in [2.75, 3.05) is 11.9 Å². The smallest absolute Gasteiger partial charge is 0.251 e. The molecule has 0 aliphatic heterocycles. The van der Waals surface area contributed by atoms with Crippen molar-refractivity contribution in [3.63, 3.8) is 0 Å². The average Bonchev–Trinajstić information content (AvgIpc) is 2.16. The number of carbonyl (C=O) groups excluding carboxylic acids is 1. The molecule has 1 aromatic heterocycles. The molecule has 0 aromatic carbocycles. The minimum absolute atomic E-state index is 0.0433. The number of nitrogens with zero attached hydrogens (tertiary/aromatic N) is 2. The zero-order valence-electron chi connectivity index (χ0n) is 8.23. The Bertz CT molecular complexity index is 287. The van der Waals surface area contributed by atoms with Crippen molar-refractivity contribution in [1.29, 1.82) is 0 Å². The number of hydrogen-bond donors (Lipinski definition) is 1. The summed E-state index contributed by atoms with van der Waals surface area (Å²) in [6.07, 6.45) is 2.98. The Balaban J connectivity index is 2.35. The van der Waals surface area contributed by atoms with Crippen LogP contribution in [0.25, 0.3) is 0 Å². The van der Waals surface area contributed by atoms with Gasteiger partial charge in [0, 0.05) is 6.20 Å². The maximum absolute atomic E-state index is 11.2. The maximum Gasteiger partial charge on any atom is 0.251 e. The van der Waals surface area contributed by atoms with Crippen molar-refractivity contribution < 1.29 is 9.53 Å². The van der Waals surface area contributed by atoms with E-state index >= 15 is 0 Å². The van der Waals surface area contributed by atoms with E-state index in [0.29, 0.717) is 5.82 Å². The van der Waals surface area contributed by atoms with Gasteiger partial charge >= 0.3 is 0 Å². The molecule has 1 aromatic rings. The van der Waals surface area contributed by atoms with Crippen molar-refractivity contribution in [2.45, 2.75) is 20.0 Å². The van der Waals surface area contributed by atoms with Gasteiger partial charge in [-0.2, -0.15) is 0 Å². The highest BCUT2D eigenvalue weighted by molar-refractivity contribution is 5.90. The van der Waals surface area contributed by atoms with E-state index in [-0.39, 0.29) is 18.6 Å². The second-order valence-electron chi connectivity index (χ2n) is 3.00. The Labute approximate surface area is 82.5 Å². The fraction of sp³-hybridized carbons (Fsp3) is 0.444. The average molecular weight is 195 g/mol. The molecule has 0 fully saturated rings. The molecule has 0 aliphatic rings. The van der Waals surface area contributed by atoms with Crippen LogP contribution in [0.15, 0.2) is 18.6 Å². The number of hydrogen-bond acceptors (Lipinski definition) is 4. The van der Waals surface area contributed by atoms with E-state index in [1.54, 1.807) is 12.3 Å². The topological polar surface area (TPSA) is 64.1 Å². The van der Waals surface area contributed by atoms with E-state index in [2.05, 4.69) is 15.3 Å². The zero-order valence-corrected chi connectivity index (χ0v) is 8.23. The van der Waals surface area contributed by atoms with Gasteiger partial charge in [-0.25, -0.2) is 9.97 Å². The molecule has 1 amide bonds. The highest BCUT2D eigenvalue weighted by Crippen LogP contribution is 1.98. The van der Waals surface area contributed by atoms with Crippen LogP contribution in [-0.4, -0.2) is 28.6 Å². The summed E-state index contributed by atoms with van der Waals surface area (Å²) in [5.74, 6) is 0.273. The van der Waals surface area contributed by atoms with E-state index in [4.69, 9.17) is 4.74 Å². The van der Waals surface area contributed by atoms with Gasteiger partial charge in [0.2, 0.25) is 0 Å². The van der Waals surface area contributed by atoms with E-state index in [1.165, 1.54) is 6.33 Å². The first-order chi connectivity index (χ1) is 6.68. The summed E-state index contributed by atoms with van der Waals surface area (Å²) in [6.45, 7) is 3.79.